The van der Waals surface area contributed by atoms with Gasteiger partial charge in [0.1, 0.15) is 0 Å². The van der Waals surface area contributed by atoms with E-state index >= 15 is 0 Å². The molecular weight excluding hydrogens is 286 g/mol. The minimum Gasteiger partial charge on any atom is -0.289 e. The third-order valence-corrected chi connectivity index (χ3v) is 2.63. The van der Waals surface area contributed by atoms with E-state index in [1.54, 1.807) is 29.3 Å². The smallest absolute Gasteiger partial charge is 0.279 e. The summed E-state index contributed by atoms with van der Waals surface area (Å²) in [5.41, 5.74) is 0.319. The van der Waals surface area contributed by atoms with E-state index in [0.29, 0.717) is 16.7 Å². The molecule has 0 aliphatic heterocycles. The summed E-state index contributed by atoms with van der Waals surface area (Å²) in [5, 5.41) is 6.70. The molecule has 2 rings (SSSR count). The lowest BCUT2D eigenvalue weighted by atomic mass is 10.4. The molecule has 1 N–H and O–H groups in total. The average molecular weight is 296 g/mol. The number of nitrogens with zero attached hydrogens (tertiary/aromatic N) is 4. The van der Waals surface area contributed by atoms with Crippen LogP contribution in [0.15, 0.2) is 29.1 Å². The molecule has 2 aromatic rings. The molecule has 0 aliphatic carbocycles. The largest absolute Gasteiger partial charge is 0.289 e. The van der Waals surface area contributed by atoms with Crippen molar-refractivity contribution in [3.05, 3.63) is 34.8 Å². The molecule has 2 heterocycles. The molecule has 0 saturated heterocycles. The van der Waals surface area contributed by atoms with Gasteiger partial charge in [0.05, 0.1) is 4.47 Å². The second kappa shape index (κ2) is 5.05. The van der Waals surface area contributed by atoms with Crippen molar-refractivity contribution in [1.82, 2.24) is 19.7 Å². The summed E-state index contributed by atoms with van der Waals surface area (Å²) in [6.07, 6.45) is 4.87. The maximum absolute atomic E-state index is 11.9. The van der Waals surface area contributed by atoms with Gasteiger partial charge in [0.25, 0.3) is 5.91 Å². The molecule has 0 radical (unpaired) electrons. The van der Waals surface area contributed by atoms with Crippen LogP contribution >= 0.6 is 15.9 Å². The van der Waals surface area contributed by atoms with Gasteiger partial charge >= 0.3 is 0 Å². The van der Waals surface area contributed by atoms with Crippen LogP contribution in [0.3, 0.4) is 0 Å². The Labute approximate surface area is 106 Å². The lowest BCUT2D eigenvalue weighted by Gasteiger charge is -2.00. The van der Waals surface area contributed by atoms with Crippen LogP contribution < -0.4 is 5.32 Å². The predicted octanol–water partition coefficient (Wildman–Crippen LogP) is 1.71. The Morgan fingerprint density at radius 1 is 1.47 bits per heavy atom. The lowest BCUT2D eigenvalue weighted by Crippen LogP contribution is -2.15. The average Bonchev–Trinajstić information content (AvgIpc) is 2.72. The molecule has 88 valence electrons. The number of amides is 1. The van der Waals surface area contributed by atoms with Gasteiger partial charge in [-0.05, 0) is 28.9 Å². The zero-order valence-electron chi connectivity index (χ0n) is 9.09. The van der Waals surface area contributed by atoms with Gasteiger partial charge < -0.3 is 0 Å². The topological polar surface area (TPSA) is 72.7 Å². The molecule has 0 fully saturated rings. The molecule has 0 spiro atoms. The van der Waals surface area contributed by atoms with E-state index in [1.165, 1.54) is 0 Å². The Balaban J connectivity index is 2.17. The normalized spacial score (nSPS) is 10.2. The summed E-state index contributed by atoms with van der Waals surface area (Å²) in [6, 6.07) is 1.68. The van der Waals surface area contributed by atoms with Crippen LogP contribution in [0.5, 0.6) is 0 Å². The summed E-state index contributed by atoms with van der Waals surface area (Å²) in [4.78, 5) is 19.7. The third kappa shape index (κ3) is 2.68. The van der Waals surface area contributed by atoms with Crippen molar-refractivity contribution in [1.29, 1.82) is 0 Å². The number of carbonyl (C=O) groups is 1. The lowest BCUT2D eigenvalue weighted by molar-refractivity contribution is 0.102. The predicted molar refractivity (Wildman–Crippen MR) is 65.6 cm³/mol. The van der Waals surface area contributed by atoms with Crippen molar-refractivity contribution in [2.45, 2.75) is 13.5 Å². The second-order valence-electron chi connectivity index (χ2n) is 3.21. The zero-order chi connectivity index (χ0) is 12.3. The van der Waals surface area contributed by atoms with Gasteiger partial charge in [-0.15, -0.1) is 0 Å². The number of nitrogens with one attached hydrogen (secondary N) is 1. The standard InChI is InChI=1S/C10H10BrN5O/c1-2-16-6-7(11)8(15-16)9(17)14-10-12-4-3-5-13-10/h3-6H,2H2,1H3,(H,12,13,14,17). The molecule has 0 aromatic carbocycles. The van der Waals surface area contributed by atoms with Gasteiger partial charge in [-0.2, -0.15) is 5.10 Å². The zero-order valence-corrected chi connectivity index (χ0v) is 10.7. The van der Waals surface area contributed by atoms with Crippen molar-refractivity contribution in [3.63, 3.8) is 0 Å². The summed E-state index contributed by atoms with van der Waals surface area (Å²) in [6.45, 7) is 2.65. The molecule has 17 heavy (non-hydrogen) atoms. The number of anilines is 1. The number of halogens is 1. The number of hydrogen-bond donors (Lipinski definition) is 1. The Morgan fingerprint density at radius 2 is 2.18 bits per heavy atom. The third-order valence-electron chi connectivity index (χ3n) is 2.05. The monoisotopic (exact) mass is 295 g/mol. The van der Waals surface area contributed by atoms with Crippen LogP contribution in [-0.2, 0) is 6.54 Å². The van der Waals surface area contributed by atoms with E-state index in [4.69, 9.17) is 0 Å². The number of aryl methyl sites for hydroxylation is 1. The number of rotatable bonds is 3. The molecule has 1 amide bonds. The SMILES string of the molecule is CCn1cc(Br)c(C(=O)Nc2ncccn2)n1. The van der Waals surface area contributed by atoms with E-state index in [0.717, 1.165) is 0 Å². The summed E-state index contributed by atoms with van der Waals surface area (Å²) < 4.78 is 2.32. The number of hydrogen-bond acceptors (Lipinski definition) is 4. The number of carbonyl (C=O) groups excluding carboxylic acids is 1. The molecule has 6 nitrogen and oxygen atoms in total. The maximum atomic E-state index is 11.9. The Hall–Kier alpha value is -1.76. The van der Waals surface area contributed by atoms with Crippen LogP contribution in [0, 0.1) is 0 Å². The first-order valence-corrected chi connectivity index (χ1v) is 5.81. The molecule has 0 unspecified atom stereocenters. The van der Waals surface area contributed by atoms with Crippen LogP contribution in [-0.4, -0.2) is 25.7 Å². The quantitative estimate of drug-likeness (QED) is 0.935. The van der Waals surface area contributed by atoms with Gasteiger partial charge in [-0.3, -0.25) is 14.8 Å². The molecule has 0 atom stereocenters. The van der Waals surface area contributed by atoms with Gasteiger partial charge in [0.15, 0.2) is 5.69 Å². The van der Waals surface area contributed by atoms with Crippen molar-refractivity contribution >= 4 is 27.8 Å². The van der Waals surface area contributed by atoms with E-state index in [2.05, 4.69) is 36.3 Å². The fourth-order valence-electron chi connectivity index (χ4n) is 1.24. The summed E-state index contributed by atoms with van der Waals surface area (Å²) in [7, 11) is 0. The van der Waals surface area contributed by atoms with Crippen LogP contribution in [0.4, 0.5) is 5.95 Å². The Morgan fingerprint density at radius 3 is 2.76 bits per heavy atom. The van der Waals surface area contributed by atoms with Crippen molar-refractivity contribution < 1.29 is 4.79 Å². The fourth-order valence-corrected chi connectivity index (χ4v) is 1.73. The fraction of sp³-hybridized carbons (Fsp3) is 0.200. The van der Waals surface area contributed by atoms with Crippen LogP contribution in [0.2, 0.25) is 0 Å². The Bertz CT molecular complexity index is 525. The van der Waals surface area contributed by atoms with Crippen LogP contribution in [0.1, 0.15) is 17.4 Å². The second-order valence-corrected chi connectivity index (χ2v) is 4.06. The first kappa shape index (κ1) is 11.7. The first-order valence-electron chi connectivity index (χ1n) is 5.02. The van der Waals surface area contributed by atoms with E-state index in [1.807, 2.05) is 6.92 Å². The maximum Gasteiger partial charge on any atom is 0.279 e. The minimum atomic E-state index is -0.338. The summed E-state index contributed by atoms with van der Waals surface area (Å²) in [5.74, 6) is -0.0780. The van der Waals surface area contributed by atoms with Crippen molar-refractivity contribution in [3.8, 4) is 0 Å². The Kier molecular flexibility index (Phi) is 3.48. The van der Waals surface area contributed by atoms with Crippen LogP contribution in [0.25, 0.3) is 0 Å². The minimum absolute atomic E-state index is 0.260. The molecular formula is C10H10BrN5O. The molecule has 2 aromatic heterocycles. The highest BCUT2D eigenvalue weighted by atomic mass is 79.9. The van der Waals surface area contributed by atoms with Gasteiger partial charge in [0.2, 0.25) is 5.95 Å². The van der Waals surface area contributed by atoms with Gasteiger partial charge in [-0.25, -0.2) is 9.97 Å². The first-order chi connectivity index (χ1) is 8.20. The van der Waals surface area contributed by atoms with E-state index in [-0.39, 0.29) is 11.9 Å². The molecule has 0 saturated carbocycles. The molecule has 0 aliphatic rings. The molecule has 7 heteroatoms. The van der Waals surface area contributed by atoms with Gasteiger partial charge in [-0.1, -0.05) is 0 Å². The van der Waals surface area contributed by atoms with E-state index in [9.17, 15) is 4.79 Å². The van der Waals surface area contributed by atoms with Crippen molar-refractivity contribution in [2.75, 3.05) is 5.32 Å². The van der Waals surface area contributed by atoms with Gasteiger partial charge in [0, 0.05) is 25.1 Å². The van der Waals surface area contributed by atoms with Crippen molar-refractivity contribution in [2.24, 2.45) is 0 Å². The summed E-state index contributed by atoms with van der Waals surface area (Å²) >= 11 is 3.29. The highest BCUT2D eigenvalue weighted by molar-refractivity contribution is 9.10. The highest BCUT2D eigenvalue weighted by Gasteiger charge is 2.15. The highest BCUT2D eigenvalue weighted by Crippen LogP contribution is 2.15. The number of aromatic nitrogens is 4. The molecule has 0 bridgehead atoms. The van der Waals surface area contributed by atoms with E-state index < -0.39 is 0 Å².